The third kappa shape index (κ3) is 1.35. The van der Waals surface area contributed by atoms with Gasteiger partial charge in [0.05, 0.1) is 7.11 Å². The number of benzene rings is 1. The second-order valence-electron chi connectivity index (χ2n) is 2.90. The fourth-order valence-corrected chi connectivity index (χ4v) is 1.40. The van der Waals surface area contributed by atoms with Crippen LogP contribution in [0.1, 0.15) is 5.56 Å². The molecule has 72 valence electrons. The molecule has 1 heterocycles. The zero-order chi connectivity index (χ0) is 9.97. The van der Waals surface area contributed by atoms with Crippen LogP contribution in [0, 0.1) is 12.3 Å². The molecule has 0 fully saturated rings. The predicted molar refractivity (Wildman–Crippen MR) is 51.7 cm³/mol. The van der Waals surface area contributed by atoms with Crippen molar-refractivity contribution >= 4 is 0 Å². The van der Waals surface area contributed by atoms with E-state index in [0.29, 0.717) is 12.2 Å². The number of terminal acetylenes is 1. The summed E-state index contributed by atoms with van der Waals surface area (Å²) < 4.78 is 15.7. The highest BCUT2D eigenvalue weighted by Gasteiger charge is 2.16. The molecule has 0 saturated heterocycles. The van der Waals surface area contributed by atoms with Crippen LogP contribution in [0.25, 0.3) is 0 Å². The Bertz CT molecular complexity index is 390. The Balaban J connectivity index is 2.44. The molecule has 1 aromatic rings. The predicted octanol–water partition coefficient (Wildman–Crippen LogP) is 1.60. The van der Waals surface area contributed by atoms with E-state index in [-0.39, 0.29) is 6.79 Å². The zero-order valence-electron chi connectivity index (χ0n) is 7.87. The lowest BCUT2D eigenvalue weighted by Crippen LogP contribution is -1.92. The second-order valence-corrected chi connectivity index (χ2v) is 2.90. The van der Waals surface area contributed by atoms with Crippen LogP contribution in [0.2, 0.25) is 0 Å². The molecule has 0 aliphatic carbocycles. The van der Waals surface area contributed by atoms with E-state index in [0.717, 1.165) is 17.1 Å². The summed E-state index contributed by atoms with van der Waals surface area (Å²) in [5, 5.41) is 0. The fraction of sp³-hybridized carbons (Fsp3) is 0.273. The van der Waals surface area contributed by atoms with Gasteiger partial charge in [-0.15, -0.1) is 12.3 Å². The third-order valence-corrected chi connectivity index (χ3v) is 2.07. The Hall–Kier alpha value is -1.82. The second kappa shape index (κ2) is 3.51. The number of rotatable bonds is 2. The highest BCUT2D eigenvalue weighted by atomic mass is 16.7. The van der Waals surface area contributed by atoms with Gasteiger partial charge in [0.2, 0.25) is 6.79 Å². The minimum Gasteiger partial charge on any atom is -0.496 e. The minimum absolute atomic E-state index is 0.262. The Kier molecular flexibility index (Phi) is 2.19. The summed E-state index contributed by atoms with van der Waals surface area (Å²) in [6.45, 7) is 0.262. The Morgan fingerprint density at radius 1 is 1.43 bits per heavy atom. The maximum absolute atomic E-state index is 5.25. The molecule has 0 spiro atoms. The molecule has 0 unspecified atom stereocenters. The molecule has 3 heteroatoms. The molecular weight excluding hydrogens is 180 g/mol. The van der Waals surface area contributed by atoms with Crippen molar-refractivity contribution in [1.29, 1.82) is 0 Å². The molecule has 2 rings (SSSR count). The zero-order valence-corrected chi connectivity index (χ0v) is 7.87. The van der Waals surface area contributed by atoms with Crippen molar-refractivity contribution in [2.75, 3.05) is 13.9 Å². The van der Waals surface area contributed by atoms with Crippen LogP contribution in [0.3, 0.4) is 0 Å². The lowest BCUT2D eigenvalue weighted by molar-refractivity contribution is 0.174. The number of hydrogen-bond donors (Lipinski definition) is 0. The molecule has 14 heavy (non-hydrogen) atoms. The monoisotopic (exact) mass is 190 g/mol. The molecule has 0 aromatic heterocycles. The largest absolute Gasteiger partial charge is 0.496 e. The van der Waals surface area contributed by atoms with Gasteiger partial charge < -0.3 is 14.2 Å². The number of hydrogen-bond acceptors (Lipinski definition) is 3. The lowest BCUT2D eigenvalue weighted by atomic mass is 10.1. The first-order valence-corrected chi connectivity index (χ1v) is 4.25. The molecule has 0 radical (unpaired) electrons. The van der Waals surface area contributed by atoms with Crippen LogP contribution in [0.5, 0.6) is 17.2 Å². The quantitative estimate of drug-likeness (QED) is 0.663. The van der Waals surface area contributed by atoms with Crippen molar-refractivity contribution in [2.24, 2.45) is 0 Å². The van der Waals surface area contributed by atoms with E-state index in [1.165, 1.54) is 0 Å². The molecule has 0 saturated carbocycles. The van der Waals surface area contributed by atoms with Crippen LogP contribution in [-0.4, -0.2) is 13.9 Å². The Morgan fingerprint density at radius 2 is 2.14 bits per heavy atom. The standard InChI is InChI=1S/C11H10O3/c1-3-4-8-5-10-11(14-7-13-10)6-9(8)12-2/h1,5-6H,4,7H2,2H3. The van der Waals surface area contributed by atoms with E-state index in [2.05, 4.69) is 5.92 Å². The molecule has 0 bridgehead atoms. The van der Waals surface area contributed by atoms with Crippen molar-refractivity contribution in [3.05, 3.63) is 17.7 Å². The lowest BCUT2D eigenvalue weighted by Gasteiger charge is -2.06. The molecule has 1 aromatic carbocycles. The SMILES string of the molecule is C#CCc1cc2c(cc1OC)OCO2. The minimum atomic E-state index is 0.262. The van der Waals surface area contributed by atoms with E-state index < -0.39 is 0 Å². The van der Waals surface area contributed by atoms with Crippen molar-refractivity contribution in [3.8, 4) is 29.6 Å². The van der Waals surface area contributed by atoms with E-state index in [1.54, 1.807) is 13.2 Å². The van der Waals surface area contributed by atoms with Gasteiger partial charge in [0.1, 0.15) is 5.75 Å². The van der Waals surface area contributed by atoms with Crippen LogP contribution in [0.15, 0.2) is 12.1 Å². The smallest absolute Gasteiger partial charge is 0.231 e. The summed E-state index contributed by atoms with van der Waals surface area (Å²) >= 11 is 0. The number of ether oxygens (including phenoxy) is 3. The molecule has 0 amide bonds. The fourth-order valence-electron chi connectivity index (χ4n) is 1.40. The molecule has 1 aliphatic heterocycles. The first-order valence-electron chi connectivity index (χ1n) is 4.25. The topological polar surface area (TPSA) is 27.7 Å². The van der Waals surface area contributed by atoms with Crippen LogP contribution in [0.4, 0.5) is 0 Å². The molecular formula is C11H10O3. The Labute approximate surface area is 82.6 Å². The summed E-state index contributed by atoms with van der Waals surface area (Å²) in [5.41, 5.74) is 0.944. The average Bonchev–Trinajstić information content (AvgIpc) is 2.64. The van der Waals surface area contributed by atoms with Gasteiger partial charge in [-0.1, -0.05) is 0 Å². The molecule has 3 nitrogen and oxygen atoms in total. The highest BCUT2D eigenvalue weighted by molar-refractivity contribution is 5.52. The summed E-state index contributed by atoms with van der Waals surface area (Å²) in [6.07, 6.45) is 5.78. The normalized spacial score (nSPS) is 12.3. The van der Waals surface area contributed by atoms with E-state index in [9.17, 15) is 0 Å². The van der Waals surface area contributed by atoms with Gasteiger partial charge in [-0.2, -0.15) is 0 Å². The van der Waals surface area contributed by atoms with E-state index >= 15 is 0 Å². The van der Waals surface area contributed by atoms with Gasteiger partial charge in [-0.3, -0.25) is 0 Å². The van der Waals surface area contributed by atoms with Gasteiger partial charge in [-0.25, -0.2) is 0 Å². The summed E-state index contributed by atoms with van der Waals surface area (Å²) in [6, 6.07) is 3.66. The van der Waals surface area contributed by atoms with Crippen molar-refractivity contribution in [2.45, 2.75) is 6.42 Å². The summed E-state index contributed by atoms with van der Waals surface area (Å²) in [7, 11) is 1.61. The maximum atomic E-state index is 5.25. The van der Waals surface area contributed by atoms with Crippen molar-refractivity contribution in [1.82, 2.24) is 0 Å². The van der Waals surface area contributed by atoms with Gasteiger partial charge in [0, 0.05) is 18.1 Å². The van der Waals surface area contributed by atoms with Gasteiger partial charge in [-0.05, 0) is 6.07 Å². The summed E-state index contributed by atoms with van der Waals surface area (Å²) in [4.78, 5) is 0. The number of methoxy groups -OCH3 is 1. The van der Waals surface area contributed by atoms with E-state index in [4.69, 9.17) is 20.6 Å². The number of fused-ring (bicyclic) bond motifs is 1. The molecule has 0 atom stereocenters. The van der Waals surface area contributed by atoms with Gasteiger partial charge in [0.25, 0.3) is 0 Å². The highest BCUT2D eigenvalue weighted by Crippen LogP contribution is 2.38. The maximum Gasteiger partial charge on any atom is 0.231 e. The van der Waals surface area contributed by atoms with Crippen molar-refractivity contribution < 1.29 is 14.2 Å². The Morgan fingerprint density at radius 3 is 2.79 bits per heavy atom. The third-order valence-electron chi connectivity index (χ3n) is 2.07. The van der Waals surface area contributed by atoms with Gasteiger partial charge >= 0.3 is 0 Å². The van der Waals surface area contributed by atoms with Crippen LogP contribution < -0.4 is 14.2 Å². The first-order chi connectivity index (χ1) is 6.85. The summed E-state index contributed by atoms with van der Waals surface area (Å²) in [5.74, 6) is 4.76. The molecule has 0 N–H and O–H groups in total. The van der Waals surface area contributed by atoms with Crippen molar-refractivity contribution in [3.63, 3.8) is 0 Å². The first kappa shape index (κ1) is 8.76. The van der Waals surface area contributed by atoms with Gasteiger partial charge in [0.15, 0.2) is 11.5 Å². The van der Waals surface area contributed by atoms with Crippen LogP contribution in [-0.2, 0) is 6.42 Å². The average molecular weight is 190 g/mol. The molecule has 1 aliphatic rings. The van der Waals surface area contributed by atoms with E-state index in [1.807, 2.05) is 6.07 Å². The van der Waals surface area contributed by atoms with Crippen LogP contribution >= 0.6 is 0 Å².